The average Bonchev–Trinajstić information content (AvgIpc) is 3.66. The topological polar surface area (TPSA) is 202 Å². The molecular weight excluding hydrogens is 726 g/mol. The summed E-state index contributed by atoms with van der Waals surface area (Å²) in [5, 5.41) is 13.0. The number of carbonyl (C=O) groups excluding carboxylic acids is 4. The first kappa shape index (κ1) is 38.2. The summed E-state index contributed by atoms with van der Waals surface area (Å²) in [7, 11) is 0. The second kappa shape index (κ2) is 13.6. The third-order valence-electron chi connectivity index (χ3n) is 9.85. The minimum absolute atomic E-state index is 0.0984. The molecule has 1 aromatic heterocycles. The Balaban J connectivity index is 1.28. The predicted octanol–water partition coefficient (Wildman–Crippen LogP) is 4.39. The van der Waals surface area contributed by atoms with Gasteiger partial charge in [0, 0.05) is 52.6 Å². The molecular formula is C41H41N3O12. The predicted molar refractivity (Wildman–Crippen MR) is 198 cm³/mol. The maximum atomic E-state index is 14.0. The zero-order chi connectivity index (χ0) is 40.5. The summed E-state index contributed by atoms with van der Waals surface area (Å²) in [4.78, 5) is 80.0. The van der Waals surface area contributed by atoms with Gasteiger partial charge in [0.2, 0.25) is 0 Å². The van der Waals surface area contributed by atoms with E-state index in [1.165, 1.54) is 48.0 Å². The van der Waals surface area contributed by atoms with Crippen LogP contribution in [-0.4, -0.2) is 57.2 Å². The van der Waals surface area contributed by atoms with E-state index >= 15 is 0 Å². The van der Waals surface area contributed by atoms with Crippen LogP contribution in [0, 0.1) is 17.8 Å². The number of hydrogen-bond donors (Lipinski definition) is 3. The van der Waals surface area contributed by atoms with Gasteiger partial charge in [-0.3, -0.25) is 28.7 Å². The van der Waals surface area contributed by atoms with E-state index in [-0.39, 0.29) is 46.1 Å². The number of hydrogen-bond acceptors (Lipinski definition) is 12. The number of carbonyl (C=O) groups is 4. The third-order valence-corrected chi connectivity index (χ3v) is 9.85. The van der Waals surface area contributed by atoms with Crippen molar-refractivity contribution in [1.82, 2.24) is 14.9 Å². The highest BCUT2D eigenvalue weighted by atomic mass is 16.6. The minimum Gasteiger partial charge on any atom is -0.456 e. The van der Waals surface area contributed by atoms with Crippen LogP contribution in [0.1, 0.15) is 97.2 Å². The highest BCUT2D eigenvalue weighted by Gasteiger charge is 2.54. The third kappa shape index (κ3) is 6.66. The number of H-pyrrole nitrogens is 1. The quantitative estimate of drug-likeness (QED) is 0.185. The molecule has 0 saturated carbocycles. The van der Waals surface area contributed by atoms with Gasteiger partial charge in [-0.15, -0.1) is 0 Å². The van der Waals surface area contributed by atoms with E-state index in [1.54, 1.807) is 65.8 Å². The second-order valence-corrected chi connectivity index (χ2v) is 16.1. The van der Waals surface area contributed by atoms with Crippen molar-refractivity contribution in [2.45, 2.75) is 78.9 Å². The molecule has 1 saturated heterocycles. The van der Waals surface area contributed by atoms with Crippen molar-refractivity contribution in [1.29, 1.82) is 0 Å². The van der Waals surface area contributed by atoms with Crippen molar-refractivity contribution in [3.05, 3.63) is 115 Å². The number of nitrogens with one attached hydrogen (secondary N) is 2. The van der Waals surface area contributed by atoms with Crippen LogP contribution < -0.4 is 30.8 Å². The van der Waals surface area contributed by atoms with E-state index in [4.69, 9.17) is 23.7 Å². The number of aromatic nitrogens is 2. The molecule has 3 aliphatic rings. The number of benzene rings is 3. The monoisotopic (exact) mass is 767 g/mol. The van der Waals surface area contributed by atoms with Gasteiger partial charge >= 0.3 is 23.6 Å². The van der Waals surface area contributed by atoms with Crippen LogP contribution in [-0.2, 0) is 24.7 Å². The maximum absolute atomic E-state index is 14.0. The van der Waals surface area contributed by atoms with Crippen LogP contribution in [0.5, 0.6) is 23.0 Å². The van der Waals surface area contributed by atoms with Crippen molar-refractivity contribution in [2.24, 2.45) is 10.8 Å². The minimum atomic E-state index is -1.66. The van der Waals surface area contributed by atoms with Crippen LogP contribution in [0.25, 0.3) is 0 Å². The SMILES string of the molecule is Cc1cn([C@H]2C[C@@H](NC(=O)c3ccc4c(c3)C3(OC4=O)c4ccc(OC(=O)C(C)(C)C)cc4Oc4cc(OC(=O)C(C)(C)C)ccc43)[C@@H](CO)O2)c(=O)[nH]c1=O. The number of fused-ring (bicyclic) bond motifs is 6. The lowest BCUT2D eigenvalue weighted by Crippen LogP contribution is -2.42. The second-order valence-electron chi connectivity index (χ2n) is 16.1. The van der Waals surface area contributed by atoms with Gasteiger partial charge in [0.15, 0.2) is 5.60 Å². The normalized spacial score (nSPS) is 19.3. The molecule has 3 aromatic carbocycles. The summed E-state index contributed by atoms with van der Waals surface area (Å²) in [5.74, 6) is -1.52. The lowest BCUT2D eigenvalue weighted by atomic mass is 9.77. The molecule has 0 bridgehead atoms. The first-order valence-corrected chi connectivity index (χ1v) is 18.0. The number of aryl methyl sites for hydroxylation is 1. The van der Waals surface area contributed by atoms with Gasteiger partial charge < -0.3 is 34.1 Å². The molecule has 4 heterocycles. The number of nitrogens with zero attached hydrogens (tertiary/aromatic N) is 1. The summed E-state index contributed by atoms with van der Waals surface area (Å²) in [6.07, 6.45) is -0.308. The number of esters is 3. The number of ether oxygens (including phenoxy) is 5. The summed E-state index contributed by atoms with van der Waals surface area (Å²) >= 11 is 0. The van der Waals surface area contributed by atoms with Gasteiger partial charge in [0.25, 0.3) is 11.5 Å². The van der Waals surface area contributed by atoms with Gasteiger partial charge in [0.05, 0.1) is 29.0 Å². The molecule has 4 aromatic rings. The Bertz CT molecular complexity index is 2360. The van der Waals surface area contributed by atoms with Crippen molar-refractivity contribution in [3.63, 3.8) is 0 Å². The number of aliphatic hydroxyl groups excluding tert-OH is 1. The Morgan fingerprint density at radius 3 is 2.02 bits per heavy atom. The molecule has 56 heavy (non-hydrogen) atoms. The Kier molecular flexibility index (Phi) is 9.28. The van der Waals surface area contributed by atoms with Crippen LogP contribution in [0.15, 0.2) is 70.4 Å². The fraction of sp³-hybridized carbons (Fsp3) is 0.366. The molecule has 0 unspecified atom stereocenters. The molecule has 0 aliphatic carbocycles. The first-order chi connectivity index (χ1) is 26.3. The maximum Gasteiger partial charge on any atom is 0.340 e. The highest BCUT2D eigenvalue weighted by molar-refractivity contribution is 6.01. The molecule has 1 amide bonds. The molecule has 7 rings (SSSR count). The molecule has 15 nitrogen and oxygen atoms in total. The summed E-state index contributed by atoms with van der Waals surface area (Å²) in [6, 6.07) is 13.1. The van der Waals surface area contributed by atoms with Crippen molar-refractivity contribution in [3.8, 4) is 23.0 Å². The lowest BCUT2D eigenvalue weighted by Gasteiger charge is -2.37. The van der Waals surface area contributed by atoms with Crippen LogP contribution in [0.3, 0.4) is 0 Å². The number of amides is 1. The number of aliphatic hydroxyl groups is 1. The zero-order valence-electron chi connectivity index (χ0n) is 31.8. The fourth-order valence-electron chi connectivity index (χ4n) is 6.74. The molecule has 292 valence electrons. The number of rotatable bonds is 6. The number of aromatic amines is 1. The van der Waals surface area contributed by atoms with Gasteiger partial charge in [-0.1, -0.05) is 0 Å². The fourth-order valence-corrected chi connectivity index (χ4v) is 6.74. The van der Waals surface area contributed by atoms with Gasteiger partial charge in [-0.25, -0.2) is 9.59 Å². The zero-order valence-corrected chi connectivity index (χ0v) is 31.8. The molecule has 0 radical (unpaired) electrons. The average molecular weight is 768 g/mol. The lowest BCUT2D eigenvalue weighted by molar-refractivity contribution is -0.143. The Hall–Kier alpha value is -6.06. The van der Waals surface area contributed by atoms with Crippen LogP contribution in [0.4, 0.5) is 0 Å². The van der Waals surface area contributed by atoms with E-state index in [0.717, 1.165) is 0 Å². The standard InChI is InChI=1S/C41H41N3O12/c1-20-18-44(38(51)43-33(20)46)32-17-28(31(19-45)55-32)42-34(47)21-8-11-24-27(14-21)41(56-35(24)48)25-12-9-22(52-36(49)39(2,3)4)15-29(25)54-30-16-23(10-13-26(30)41)53-37(50)40(5,6)7/h8-16,18,28,31-32,45H,17,19H2,1-7H3,(H,42,47)(H,43,46,51)/t28-,31-,32-/m1/s1. The van der Waals surface area contributed by atoms with Crippen molar-refractivity contribution in [2.75, 3.05) is 6.61 Å². The molecule has 1 spiro atoms. The Labute approximate surface area is 320 Å². The van der Waals surface area contributed by atoms with Gasteiger partial charge in [0.1, 0.15) is 35.3 Å². The van der Waals surface area contributed by atoms with Crippen molar-refractivity contribution >= 4 is 23.8 Å². The van der Waals surface area contributed by atoms with Crippen LogP contribution >= 0.6 is 0 Å². The summed E-state index contributed by atoms with van der Waals surface area (Å²) < 4.78 is 31.1. The molecule has 3 N–H and O–H groups in total. The smallest absolute Gasteiger partial charge is 0.340 e. The van der Waals surface area contributed by atoms with Gasteiger partial charge in [-0.05, 0) is 90.9 Å². The molecule has 15 heteroatoms. The van der Waals surface area contributed by atoms with E-state index < -0.39 is 76.5 Å². The summed E-state index contributed by atoms with van der Waals surface area (Å²) in [5.41, 5.74) is -2.85. The highest BCUT2D eigenvalue weighted by Crippen LogP contribution is 2.57. The molecule has 1 fully saturated rings. The Morgan fingerprint density at radius 1 is 0.875 bits per heavy atom. The van der Waals surface area contributed by atoms with Crippen molar-refractivity contribution < 1.29 is 48.0 Å². The van der Waals surface area contributed by atoms with Gasteiger partial charge in [-0.2, -0.15) is 0 Å². The molecule has 3 aliphatic heterocycles. The van der Waals surface area contributed by atoms with E-state index in [9.17, 15) is 33.9 Å². The van der Waals surface area contributed by atoms with E-state index in [2.05, 4.69) is 10.3 Å². The molecule has 3 atom stereocenters. The van der Waals surface area contributed by atoms with Crippen LogP contribution in [0.2, 0.25) is 0 Å². The largest absolute Gasteiger partial charge is 0.456 e. The summed E-state index contributed by atoms with van der Waals surface area (Å²) in [6.45, 7) is 11.4. The first-order valence-electron chi connectivity index (χ1n) is 18.0. The Morgan fingerprint density at radius 2 is 1.46 bits per heavy atom. The van der Waals surface area contributed by atoms with E-state index in [1.807, 2.05) is 0 Å². The van der Waals surface area contributed by atoms with E-state index in [0.29, 0.717) is 16.7 Å².